The fourth-order valence-electron chi connectivity index (χ4n) is 1.45. The summed E-state index contributed by atoms with van der Waals surface area (Å²) >= 11 is 5.90. The number of hydrogen-bond donors (Lipinski definition) is 0. The summed E-state index contributed by atoms with van der Waals surface area (Å²) in [6.07, 6.45) is 0. The maximum absolute atomic E-state index is 10.8. The monoisotopic (exact) mass is 262 g/mol. The van der Waals surface area contributed by atoms with Crippen molar-refractivity contribution >= 4 is 17.3 Å². The van der Waals surface area contributed by atoms with E-state index in [4.69, 9.17) is 16.3 Å². The van der Waals surface area contributed by atoms with Crippen molar-refractivity contribution < 1.29 is 9.66 Å². The van der Waals surface area contributed by atoms with Crippen LogP contribution in [0.5, 0.6) is 11.5 Å². The molecule has 0 amide bonds. The molecule has 0 spiro atoms. The van der Waals surface area contributed by atoms with E-state index in [2.05, 4.69) is 6.07 Å². The van der Waals surface area contributed by atoms with Crippen molar-refractivity contribution in [3.05, 3.63) is 63.2 Å². The molecule has 0 fully saturated rings. The zero-order valence-electron chi connectivity index (χ0n) is 9.51. The van der Waals surface area contributed by atoms with Gasteiger partial charge < -0.3 is 4.74 Å². The Hall–Kier alpha value is -2.07. The first-order chi connectivity index (χ1) is 8.58. The quantitative estimate of drug-likeness (QED) is 0.617. The Bertz CT molecular complexity index is 599. The molecule has 5 heteroatoms. The minimum atomic E-state index is -0.530. The van der Waals surface area contributed by atoms with Gasteiger partial charge in [-0.1, -0.05) is 17.7 Å². The number of nitrogens with zero attached hydrogens (tertiary/aromatic N) is 1. The first-order valence-corrected chi connectivity index (χ1v) is 5.55. The van der Waals surface area contributed by atoms with E-state index in [0.29, 0.717) is 10.8 Å². The van der Waals surface area contributed by atoms with Crippen molar-refractivity contribution in [2.24, 2.45) is 0 Å². The third kappa shape index (κ3) is 2.60. The number of halogens is 1. The minimum Gasteiger partial charge on any atom is -0.450 e. The number of benzene rings is 2. The highest BCUT2D eigenvalue weighted by molar-refractivity contribution is 6.31. The highest BCUT2D eigenvalue weighted by Gasteiger charge is 2.15. The lowest BCUT2D eigenvalue weighted by atomic mass is 10.2. The van der Waals surface area contributed by atoms with Gasteiger partial charge in [0, 0.05) is 5.02 Å². The summed E-state index contributed by atoms with van der Waals surface area (Å²) in [5.74, 6) is 0.656. The summed E-state index contributed by atoms with van der Waals surface area (Å²) in [4.78, 5) is 10.3. The van der Waals surface area contributed by atoms with Gasteiger partial charge in [-0.3, -0.25) is 10.1 Å². The first kappa shape index (κ1) is 12.4. The zero-order valence-corrected chi connectivity index (χ0v) is 10.3. The van der Waals surface area contributed by atoms with Gasteiger partial charge in [-0.15, -0.1) is 0 Å². The molecule has 0 aliphatic carbocycles. The highest BCUT2D eigenvalue weighted by atomic mass is 35.5. The van der Waals surface area contributed by atoms with Crippen molar-refractivity contribution in [1.82, 2.24) is 0 Å². The van der Waals surface area contributed by atoms with Crippen LogP contribution in [-0.2, 0) is 0 Å². The second-order valence-electron chi connectivity index (χ2n) is 3.65. The van der Waals surface area contributed by atoms with Gasteiger partial charge in [-0.2, -0.15) is 0 Å². The molecule has 91 valence electrons. The number of para-hydroxylation sites is 1. The SMILES string of the molecule is Cc1cc(Oc2ccc[c]c2[N+](=O)[O-])ccc1Cl. The Labute approximate surface area is 109 Å². The van der Waals surface area contributed by atoms with Gasteiger partial charge in [0.2, 0.25) is 5.75 Å². The van der Waals surface area contributed by atoms with Gasteiger partial charge in [0.25, 0.3) is 0 Å². The van der Waals surface area contributed by atoms with Gasteiger partial charge in [-0.25, -0.2) is 0 Å². The topological polar surface area (TPSA) is 52.4 Å². The third-order valence-corrected chi connectivity index (χ3v) is 2.76. The predicted octanol–water partition coefficient (Wildman–Crippen LogP) is 4.15. The second kappa shape index (κ2) is 5.06. The van der Waals surface area contributed by atoms with E-state index >= 15 is 0 Å². The van der Waals surface area contributed by atoms with Crippen LogP contribution in [0.2, 0.25) is 5.02 Å². The number of nitro benzene ring substituents is 1. The molecule has 0 aliphatic heterocycles. The average Bonchev–Trinajstić information content (AvgIpc) is 2.34. The van der Waals surface area contributed by atoms with Crippen molar-refractivity contribution in [2.75, 3.05) is 0 Å². The second-order valence-corrected chi connectivity index (χ2v) is 4.06. The Morgan fingerprint density at radius 3 is 2.83 bits per heavy atom. The van der Waals surface area contributed by atoms with Crippen molar-refractivity contribution in [1.29, 1.82) is 0 Å². The molecule has 1 radical (unpaired) electrons. The third-order valence-electron chi connectivity index (χ3n) is 2.34. The van der Waals surface area contributed by atoms with Crippen LogP contribution >= 0.6 is 11.6 Å². The summed E-state index contributed by atoms with van der Waals surface area (Å²) in [7, 11) is 0. The lowest BCUT2D eigenvalue weighted by Crippen LogP contribution is -1.93. The van der Waals surface area contributed by atoms with E-state index in [0.717, 1.165) is 5.56 Å². The largest absolute Gasteiger partial charge is 0.450 e. The van der Waals surface area contributed by atoms with Crippen LogP contribution in [0.4, 0.5) is 5.69 Å². The Balaban J connectivity index is 2.34. The van der Waals surface area contributed by atoms with Gasteiger partial charge in [0.1, 0.15) is 5.75 Å². The molecule has 0 bridgehead atoms. The summed E-state index contributed by atoms with van der Waals surface area (Å²) in [5, 5.41) is 11.4. The van der Waals surface area contributed by atoms with E-state index in [1.165, 1.54) is 12.1 Å². The molecule has 0 heterocycles. The first-order valence-electron chi connectivity index (χ1n) is 5.17. The Morgan fingerprint density at radius 1 is 1.39 bits per heavy atom. The summed E-state index contributed by atoms with van der Waals surface area (Å²) < 4.78 is 5.48. The normalized spacial score (nSPS) is 10.1. The molecule has 0 saturated heterocycles. The molecule has 0 aliphatic rings. The number of hydrogen-bond acceptors (Lipinski definition) is 3. The van der Waals surface area contributed by atoms with Crippen LogP contribution < -0.4 is 4.74 Å². The van der Waals surface area contributed by atoms with Crippen LogP contribution in [0, 0.1) is 23.1 Å². The fraction of sp³-hybridized carbons (Fsp3) is 0.0769. The van der Waals surface area contributed by atoms with Crippen LogP contribution in [0.1, 0.15) is 5.56 Å². The molecule has 2 aromatic rings. The Morgan fingerprint density at radius 2 is 2.17 bits per heavy atom. The lowest BCUT2D eigenvalue weighted by Gasteiger charge is -2.07. The molecule has 0 aromatic heterocycles. The average molecular weight is 263 g/mol. The zero-order chi connectivity index (χ0) is 13.1. The van der Waals surface area contributed by atoms with E-state index in [9.17, 15) is 10.1 Å². The number of nitro groups is 1. The number of rotatable bonds is 3. The van der Waals surface area contributed by atoms with Crippen molar-refractivity contribution in [2.45, 2.75) is 6.92 Å². The highest BCUT2D eigenvalue weighted by Crippen LogP contribution is 2.31. The summed E-state index contributed by atoms with van der Waals surface area (Å²) in [6, 6.07) is 12.2. The molecule has 4 nitrogen and oxygen atoms in total. The minimum absolute atomic E-state index is 0.157. The number of aryl methyl sites for hydroxylation is 1. The molecule has 0 N–H and O–H groups in total. The van der Waals surface area contributed by atoms with Crippen LogP contribution in [0.25, 0.3) is 0 Å². The standard InChI is InChI=1S/C13H9ClNO3/c1-9-8-10(6-7-11(9)14)18-13-5-3-2-4-12(13)15(16)17/h2-3,5-8H,1H3. The van der Waals surface area contributed by atoms with Crippen LogP contribution in [0.3, 0.4) is 0 Å². The van der Waals surface area contributed by atoms with E-state index < -0.39 is 4.92 Å². The molecule has 0 saturated carbocycles. The maximum Gasteiger partial charge on any atom is 0.319 e. The van der Waals surface area contributed by atoms with Crippen molar-refractivity contribution in [3.8, 4) is 11.5 Å². The maximum atomic E-state index is 10.8. The van der Waals surface area contributed by atoms with Gasteiger partial charge in [0.05, 0.1) is 11.0 Å². The smallest absolute Gasteiger partial charge is 0.319 e. The van der Waals surface area contributed by atoms with Crippen LogP contribution in [-0.4, -0.2) is 4.92 Å². The molecule has 18 heavy (non-hydrogen) atoms. The fourth-order valence-corrected chi connectivity index (χ4v) is 1.56. The Kier molecular flexibility index (Phi) is 3.48. The van der Waals surface area contributed by atoms with E-state index in [-0.39, 0.29) is 11.4 Å². The van der Waals surface area contributed by atoms with E-state index in [1.54, 1.807) is 24.3 Å². The van der Waals surface area contributed by atoms with Gasteiger partial charge >= 0.3 is 5.69 Å². The number of ether oxygens (including phenoxy) is 1. The van der Waals surface area contributed by atoms with Gasteiger partial charge in [-0.05, 0) is 42.8 Å². The molecule has 2 aromatic carbocycles. The molecule has 0 atom stereocenters. The van der Waals surface area contributed by atoms with Crippen LogP contribution in [0.15, 0.2) is 36.4 Å². The van der Waals surface area contributed by atoms with Crippen molar-refractivity contribution in [3.63, 3.8) is 0 Å². The lowest BCUT2D eigenvalue weighted by molar-refractivity contribution is -0.386. The van der Waals surface area contributed by atoms with Gasteiger partial charge in [0.15, 0.2) is 0 Å². The van der Waals surface area contributed by atoms with E-state index in [1.807, 2.05) is 6.92 Å². The summed E-state index contributed by atoms with van der Waals surface area (Å²) in [6.45, 7) is 1.83. The molecular formula is C13H9ClNO3. The predicted molar refractivity (Wildman–Crippen MR) is 68.2 cm³/mol. The molecular weight excluding hydrogens is 254 g/mol. The molecule has 0 unspecified atom stereocenters. The molecule has 2 rings (SSSR count). The summed E-state index contributed by atoms with van der Waals surface area (Å²) in [5.41, 5.74) is 0.654.